The van der Waals surface area contributed by atoms with Crippen molar-refractivity contribution < 1.29 is 18.4 Å². The Balaban J connectivity index is 1.95. The number of methoxy groups -OCH3 is 1. The molecule has 1 aromatic heterocycles. The number of carbonyl (C=O) groups is 1. The number of anilines is 1. The van der Waals surface area contributed by atoms with Crippen molar-refractivity contribution in [1.29, 1.82) is 0 Å². The van der Waals surface area contributed by atoms with Crippen LogP contribution >= 0.6 is 11.6 Å². The number of aryl methyl sites for hydroxylation is 1. The van der Waals surface area contributed by atoms with Gasteiger partial charge in [-0.2, -0.15) is 0 Å². The van der Waals surface area contributed by atoms with Crippen molar-refractivity contribution >= 4 is 23.2 Å². The van der Waals surface area contributed by atoms with Gasteiger partial charge in [0, 0.05) is 17.3 Å². The van der Waals surface area contributed by atoms with Crippen LogP contribution in [0.2, 0.25) is 5.02 Å². The van der Waals surface area contributed by atoms with E-state index in [0.717, 1.165) is 0 Å². The summed E-state index contributed by atoms with van der Waals surface area (Å²) in [5, 5.41) is 7.01. The number of hydrogen-bond donors (Lipinski definition) is 1. The van der Waals surface area contributed by atoms with Crippen LogP contribution in [-0.4, -0.2) is 18.2 Å². The molecule has 0 bridgehead atoms. The first-order valence-electron chi connectivity index (χ1n) is 7.37. The average Bonchev–Trinajstić information content (AvgIpc) is 2.97. The summed E-state index contributed by atoms with van der Waals surface area (Å²) in [5.41, 5.74) is 1.43. The maximum atomic E-state index is 13.8. The second-order valence-corrected chi connectivity index (χ2v) is 5.65. The highest BCUT2D eigenvalue weighted by Crippen LogP contribution is 2.31. The van der Waals surface area contributed by atoms with Crippen LogP contribution in [0.5, 0.6) is 5.75 Å². The van der Waals surface area contributed by atoms with E-state index in [4.69, 9.17) is 20.9 Å². The van der Waals surface area contributed by atoms with Gasteiger partial charge in [0.05, 0.1) is 12.1 Å². The van der Waals surface area contributed by atoms with Gasteiger partial charge in [0.15, 0.2) is 11.6 Å². The highest BCUT2D eigenvalue weighted by Gasteiger charge is 2.23. The summed E-state index contributed by atoms with van der Waals surface area (Å²) >= 11 is 6.18. The number of aromatic nitrogens is 1. The molecule has 5 nitrogen and oxygen atoms in total. The molecule has 0 fully saturated rings. The third kappa shape index (κ3) is 3.34. The summed E-state index contributed by atoms with van der Waals surface area (Å²) < 4.78 is 23.8. The van der Waals surface area contributed by atoms with Gasteiger partial charge in [-0.25, -0.2) is 4.39 Å². The van der Waals surface area contributed by atoms with Gasteiger partial charge in [0.1, 0.15) is 17.0 Å². The molecule has 0 saturated heterocycles. The van der Waals surface area contributed by atoms with E-state index >= 15 is 0 Å². The van der Waals surface area contributed by atoms with E-state index in [1.54, 1.807) is 31.2 Å². The first-order valence-corrected chi connectivity index (χ1v) is 7.75. The maximum Gasteiger partial charge on any atom is 0.261 e. The SMILES string of the molecule is COc1ccc(NC(=O)c2c(-c3ccccc3Cl)noc2C)cc1F. The Morgan fingerprint density at radius 1 is 1.28 bits per heavy atom. The molecule has 0 unspecified atom stereocenters. The van der Waals surface area contributed by atoms with Crippen molar-refractivity contribution in [2.24, 2.45) is 0 Å². The van der Waals surface area contributed by atoms with Crippen molar-refractivity contribution in [2.45, 2.75) is 6.92 Å². The molecule has 0 radical (unpaired) electrons. The van der Waals surface area contributed by atoms with Crippen LogP contribution in [0.1, 0.15) is 16.1 Å². The van der Waals surface area contributed by atoms with Crippen molar-refractivity contribution in [2.75, 3.05) is 12.4 Å². The van der Waals surface area contributed by atoms with Crippen molar-refractivity contribution in [3.8, 4) is 17.0 Å². The van der Waals surface area contributed by atoms with Crippen molar-refractivity contribution in [3.05, 3.63) is 64.6 Å². The molecule has 0 aliphatic carbocycles. The Kier molecular flexibility index (Phi) is 4.72. The second kappa shape index (κ2) is 6.94. The molecule has 0 saturated carbocycles. The minimum Gasteiger partial charge on any atom is -0.494 e. The molecular formula is C18H14ClFN2O3. The van der Waals surface area contributed by atoms with Crippen LogP contribution in [0.3, 0.4) is 0 Å². The molecule has 3 aromatic rings. The number of carbonyl (C=O) groups excluding carboxylic acids is 1. The third-order valence-electron chi connectivity index (χ3n) is 3.63. The molecule has 0 spiro atoms. The van der Waals surface area contributed by atoms with E-state index in [1.807, 2.05) is 0 Å². The number of hydrogen-bond acceptors (Lipinski definition) is 4. The number of rotatable bonds is 4. The monoisotopic (exact) mass is 360 g/mol. The predicted molar refractivity (Wildman–Crippen MR) is 92.6 cm³/mol. The number of ether oxygens (including phenoxy) is 1. The van der Waals surface area contributed by atoms with Crippen LogP contribution in [0, 0.1) is 12.7 Å². The fourth-order valence-electron chi connectivity index (χ4n) is 2.41. The lowest BCUT2D eigenvalue weighted by Gasteiger charge is -2.08. The molecule has 1 heterocycles. The Morgan fingerprint density at radius 2 is 2.04 bits per heavy atom. The summed E-state index contributed by atoms with van der Waals surface area (Å²) in [6, 6.07) is 11.1. The van der Waals surface area contributed by atoms with Gasteiger partial charge in [0.25, 0.3) is 5.91 Å². The van der Waals surface area contributed by atoms with Gasteiger partial charge in [-0.1, -0.05) is 35.0 Å². The molecule has 0 atom stereocenters. The lowest BCUT2D eigenvalue weighted by Crippen LogP contribution is -2.13. The second-order valence-electron chi connectivity index (χ2n) is 5.25. The van der Waals surface area contributed by atoms with Crippen LogP contribution in [-0.2, 0) is 0 Å². The molecule has 1 amide bonds. The van der Waals surface area contributed by atoms with Gasteiger partial charge >= 0.3 is 0 Å². The first kappa shape index (κ1) is 17.0. The normalized spacial score (nSPS) is 10.6. The zero-order valence-electron chi connectivity index (χ0n) is 13.5. The van der Waals surface area contributed by atoms with E-state index in [0.29, 0.717) is 22.0 Å². The molecular weight excluding hydrogens is 347 g/mol. The third-order valence-corrected chi connectivity index (χ3v) is 3.96. The van der Waals surface area contributed by atoms with Crippen LogP contribution in [0.15, 0.2) is 47.0 Å². The number of amides is 1. The first-order chi connectivity index (χ1) is 12.0. The quantitative estimate of drug-likeness (QED) is 0.732. The van der Waals surface area contributed by atoms with E-state index in [1.165, 1.54) is 25.3 Å². The van der Waals surface area contributed by atoms with Gasteiger partial charge in [-0.3, -0.25) is 4.79 Å². The van der Waals surface area contributed by atoms with Crippen LogP contribution in [0.4, 0.5) is 10.1 Å². The summed E-state index contributed by atoms with van der Waals surface area (Å²) in [4.78, 5) is 12.7. The minimum atomic E-state index is -0.575. The van der Waals surface area contributed by atoms with Crippen LogP contribution < -0.4 is 10.1 Å². The number of nitrogens with one attached hydrogen (secondary N) is 1. The van der Waals surface area contributed by atoms with Gasteiger partial charge < -0.3 is 14.6 Å². The van der Waals surface area contributed by atoms with E-state index in [9.17, 15) is 9.18 Å². The highest BCUT2D eigenvalue weighted by molar-refractivity contribution is 6.33. The Labute approximate surface area is 148 Å². The number of benzene rings is 2. The zero-order chi connectivity index (χ0) is 18.0. The zero-order valence-corrected chi connectivity index (χ0v) is 14.2. The Bertz CT molecular complexity index is 940. The molecule has 0 aliphatic heterocycles. The standard InChI is InChI=1S/C18H14ClFN2O3/c1-10-16(17(22-25-10)12-5-3-4-6-13(12)19)18(23)21-11-7-8-15(24-2)14(20)9-11/h3-9H,1-2H3,(H,21,23). The fraction of sp³-hybridized carbons (Fsp3) is 0.111. The van der Waals surface area contributed by atoms with E-state index in [2.05, 4.69) is 10.5 Å². The number of nitrogens with zero attached hydrogens (tertiary/aromatic N) is 1. The summed E-state index contributed by atoms with van der Waals surface area (Å²) in [6.07, 6.45) is 0. The Morgan fingerprint density at radius 3 is 2.72 bits per heavy atom. The summed E-state index contributed by atoms with van der Waals surface area (Å²) in [6.45, 7) is 1.62. The van der Waals surface area contributed by atoms with Crippen molar-refractivity contribution in [1.82, 2.24) is 5.16 Å². The van der Waals surface area contributed by atoms with Crippen molar-refractivity contribution in [3.63, 3.8) is 0 Å². The Hall–Kier alpha value is -2.86. The largest absolute Gasteiger partial charge is 0.494 e. The van der Waals surface area contributed by atoms with Crippen LogP contribution in [0.25, 0.3) is 11.3 Å². The molecule has 0 aliphatic rings. The van der Waals surface area contributed by atoms with Gasteiger partial charge in [-0.05, 0) is 25.1 Å². The molecule has 3 rings (SSSR count). The van der Waals surface area contributed by atoms with Gasteiger partial charge in [-0.15, -0.1) is 0 Å². The van der Waals surface area contributed by atoms with E-state index in [-0.39, 0.29) is 17.0 Å². The van der Waals surface area contributed by atoms with Gasteiger partial charge in [0.2, 0.25) is 0 Å². The lowest BCUT2D eigenvalue weighted by molar-refractivity contribution is 0.102. The fourth-order valence-corrected chi connectivity index (χ4v) is 2.64. The van der Waals surface area contributed by atoms with E-state index < -0.39 is 11.7 Å². The highest BCUT2D eigenvalue weighted by atomic mass is 35.5. The lowest BCUT2D eigenvalue weighted by atomic mass is 10.1. The maximum absolute atomic E-state index is 13.8. The average molecular weight is 361 g/mol. The predicted octanol–water partition coefficient (Wildman–Crippen LogP) is 4.70. The molecule has 2 aromatic carbocycles. The minimum absolute atomic E-state index is 0.0934. The molecule has 1 N–H and O–H groups in total. The number of halogens is 2. The topological polar surface area (TPSA) is 64.4 Å². The molecule has 25 heavy (non-hydrogen) atoms. The smallest absolute Gasteiger partial charge is 0.261 e. The molecule has 7 heteroatoms. The molecule has 128 valence electrons. The summed E-state index contributed by atoms with van der Waals surface area (Å²) in [7, 11) is 1.37. The summed E-state index contributed by atoms with van der Waals surface area (Å²) in [5.74, 6) is -0.621.